The molecule has 7 nitrogen and oxygen atoms in total. The van der Waals surface area contributed by atoms with Crippen molar-refractivity contribution in [3.63, 3.8) is 0 Å². The smallest absolute Gasteiger partial charge is 0.253 e. The second kappa shape index (κ2) is 9.27. The lowest BCUT2D eigenvalue weighted by Gasteiger charge is -2.26. The lowest BCUT2D eigenvalue weighted by molar-refractivity contribution is 0.0410. The van der Waals surface area contributed by atoms with E-state index < -0.39 is 0 Å². The van der Waals surface area contributed by atoms with E-state index in [2.05, 4.69) is 15.2 Å². The van der Waals surface area contributed by atoms with Gasteiger partial charge in [-0.1, -0.05) is 6.07 Å². The molecule has 2 aliphatic heterocycles. The predicted molar refractivity (Wildman–Crippen MR) is 106 cm³/mol. The monoisotopic (exact) mass is 401 g/mol. The Kier molecular flexibility index (Phi) is 6.31. The average molecular weight is 401 g/mol. The van der Waals surface area contributed by atoms with Gasteiger partial charge in [0.15, 0.2) is 11.5 Å². The van der Waals surface area contributed by atoms with Crippen LogP contribution in [0.2, 0.25) is 0 Å². The van der Waals surface area contributed by atoms with Crippen LogP contribution in [0.25, 0.3) is 0 Å². The van der Waals surface area contributed by atoms with Gasteiger partial charge in [-0.15, -0.1) is 11.8 Å². The fourth-order valence-electron chi connectivity index (χ4n) is 3.04. The second-order valence-electron chi connectivity index (χ2n) is 6.56. The van der Waals surface area contributed by atoms with Gasteiger partial charge < -0.3 is 19.5 Å². The molecule has 0 radical (unpaired) electrons. The van der Waals surface area contributed by atoms with Crippen molar-refractivity contribution in [1.82, 2.24) is 15.2 Å². The molecule has 2 aromatic rings. The number of pyridine rings is 1. The number of morpholine rings is 1. The van der Waals surface area contributed by atoms with E-state index in [0.717, 1.165) is 54.9 Å². The summed E-state index contributed by atoms with van der Waals surface area (Å²) in [6.07, 6.45) is 1.63. The van der Waals surface area contributed by atoms with E-state index in [9.17, 15) is 4.79 Å². The zero-order valence-corrected chi connectivity index (χ0v) is 16.4. The molecule has 0 aliphatic carbocycles. The van der Waals surface area contributed by atoms with Gasteiger partial charge in [0.05, 0.1) is 23.8 Å². The number of amides is 1. The number of fused-ring (bicyclic) bond motifs is 1. The molecule has 1 fully saturated rings. The summed E-state index contributed by atoms with van der Waals surface area (Å²) in [7, 11) is 0. The van der Waals surface area contributed by atoms with Gasteiger partial charge >= 0.3 is 0 Å². The van der Waals surface area contributed by atoms with Gasteiger partial charge in [-0.2, -0.15) is 0 Å². The lowest BCUT2D eigenvalue weighted by Crippen LogP contribution is -2.37. The molecule has 0 spiro atoms. The standard InChI is InChI=1S/C20H23N3O4S/c24-20(22-12-15-1-3-17-18(11-15)27-14-26-17)16-2-4-19(21-13-16)28-10-7-23-5-8-25-9-6-23/h1-4,11,13H,5-10,12,14H2,(H,22,24). The minimum Gasteiger partial charge on any atom is -0.454 e. The van der Waals surface area contributed by atoms with E-state index in [1.165, 1.54) is 0 Å². The maximum atomic E-state index is 12.4. The van der Waals surface area contributed by atoms with Crippen molar-refractivity contribution >= 4 is 17.7 Å². The van der Waals surface area contributed by atoms with Crippen LogP contribution in [0.15, 0.2) is 41.6 Å². The molecular weight excluding hydrogens is 378 g/mol. The molecule has 0 atom stereocenters. The Morgan fingerprint density at radius 2 is 2.00 bits per heavy atom. The van der Waals surface area contributed by atoms with E-state index in [4.69, 9.17) is 14.2 Å². The highest BCUT2D eigenvalue weighted by Gasteiger charge is 2.14. The highest BCUT2D eigenvalue weighted by molar-refractivity contribution is 7.99. The number of nitrogens with zero attached hydrogens (tertiary/aromatic N) is 2. The normalized spacial score (nSPS) is 16.1. The largest absolute Gasteiger partial charge is 0.454 e. The molecule has 0 bridgehead atoms. The molecule has 0 saturated carbocycles. The summed E-state index contributed by atoms with van der Waals surface area (Å²) < 4.78 is 16.0. The Hall–Kier alpha value is -2.29. The first-order valence-electron chi connectivity index (χ1n) is 9.33. The maximum absolute atomic E-state index is 12.4. The van der Waals surface area contributed by atoms with Crippen LogP contribution in [0, 0.1) is 0 Å². The molecule has 8 heteroatoms. The van der Waals surface area contributed by atoms with E-state index in [1.807, 2.05) is 30.3 Å². The van der Waals surface area contributed by atoms with Gasteiger partial charge in [0.2, 0.25) is 6.79 Å². The molecule has 1 saturated heterocycles. The number of hydrogen-bond acceptors (Lipinski definition) is 7. The summed E-state index contributed by atoms with van der Waals surface area (Å²) in [4.78, 5) is 19.2. The first-order valence-corrected chi connectivity index (χ1v) is 10.3. The minimum atomic E-state index is -0.143. The first-order chi connectivity index (χ1) is 13.8. The number of thioether (sulfide) groups is 1. The number of benzene rings is 1. The molecule has 1 amide bonds. The van der Waals surface area contributed by atoms with Crippen molar-refractivity contribution in [3.05, 3.63) is 47.7 Å². The Bertz CT molecular complexity index is 810. The van der Waals surface area contributed by atoms with Gasteiger partial charge in [-0.3, -0.25) is 9.69 Å². The zero-order chi connectivity index (χ0) is 19.2. The van der Waals surface area contributed by atoms with Gasteiger partial charge in [0.1, 0.15) is 0 Å². The summed E-state index contributed by atoms with van der Waals surface area (Å²) >= 11 is 1.71. The first kappa shape index (κ1) is 19.0. The molecule has 0 unspecified atom stereocenters. The van der Waals surface area contributed by atoms with Crippen molar-refractivity contribution in [3.8, 4) is 11.5 Å². The quantitative estimate of drug-likeness (QED) is 0.713. The summed E-state index contributed by atoms with van der Waals surface area (Å²) in [5.74, 6) is 2.28. The third-order valence-electron chi connectivity index (χ3n) is 4.65. The molecule has 3 heterocycles. The molecule has 4 rings (SSSR count). The number of aromatic nitrogens is 1. The number of carbonyl (C=O) groups excluding carboxylic acids is 1. The lowest BCUT2D eigenvalue weighted by atomic mass is 10.2. The van der Waals surface area contributed by atoms with Crippen LogP contribution in [-0.4, -0.2) is 61.2 Å². The van der Waals surface area contributed by atoms with E-state index in [0.29, 0.717) is 17.9 Å². The zero-order valence-electron chi connectivity index (χ0n) is 15.6. The van der Waals surface area contributed by atoms with Crippen LogP contribution in [-0.2, 0) is 11.3 Å². The molecular formula is C20H23N3O4S. The van der Waals surface area contributed by atoms with Crippen LogP contribution in [0.1, 0.15) is 15.9 Å². The van der Waals surface area contributed by atoms with Gasteiger partial charge in [-0.05, 0) is 29.8 Å². The number of carbonyl (C=O) groups is 1. The predicted octanol–water partition coefficient (Wildman–Crippen LogP) is 2.16. The molecule has 1 N–H and O–H groups in total. The fourth-order valence-corrected chi connectivity index (χ4v) is 3.89. The fraction of sp³-hybridized carbons (Fsp3) is 0.400. The van der Waals surface area contributed by atoms with Gasteiger partial charge in [0, 0.05) is 38.1 Å². The average Bonchev–Trinajstić information content (AvgIpc) is 3.21. The third-order valence-corrected chi connectivity index (χ3v) is 5.57. The Labute approximate surface area is 168 Å². The maximum Gasteiger partial charge on any atom is 0.253 e. The van der Waals surface area contributed by atoms with Gasteiger partial charge in [-0.25, -0.2) is 4.98 Å². The van der Waals surface area contributed by atoms with Crippen LogP contribution in [0.4, 0.5) is 0 Å². The van der Waals surface area contributed by atoms with Crippen LogP contribution >= 0.6 is 11.8 Å². The number of rotatable bonds is 7. The number of hydrogen-bond donors (Lipinski definition) is 1. The summed E-state index contributed by atoms with van der Waals surface area (Å²) in [5.41, 5.74) is 1.51. The summed E-state index contributed by atoms with van der Waals surface area (Å²) in [6.45, 7) is 5.32. The van der Waals surface area contributed by atoms with Crippen molar-refractivity contribution in [2.24, 2.45) is 0 Å². The van der Waals surface area contributed by atoms with Crippen molar-refractivity contribution < 1.29 is 19.0 Å². The van der Waals surface area contributed by atoms with E-state index >= 15 is 0 Å². The van der Waals surface area contributed by atoms with E-state index in [-0.39, 0.29) is 12.7 Å². The number of ether oxygens (including phenoxy) is 3. The SMILES string of the molecule is O=C(NCc1ccc2c(c1)OCO2)c1ccc(SCCN2CCOCC2)nc1. The van der Waals surface area contributed by atoms with Crippen LogP contribution in [0.3, 0.4) is 0 Å². The third kappa shape index (κ3) is 4.95. The molecule has 2 aliphatic rings. The Morgan fingerprint density at radius 3 is 2.82 bits per heavy atom. The van der Waals surface area contributed by atoms with E-state index in [1.54, 1.807) is 18.0 Å². The molecule has 1 aromatic heterocycles. The Morgan fingerprint density at radius 1 is 1.14 bits per heavy atom. The van der Waals surface area contributed by atoms with Crippen molar-refractivity contribution in [2.45, 2.75) is 11.6 Å². The number of nitrogens with one attached hydrogen (secondary N) is 1. The highest BCUT2D eigenvalue weighted by Crippen LogP contribution is 2.32. The summed E-state index contributed by atoms with van der Waals surface area (Å²) in [5, 5.41) is 3.84. The van der Waals surface area contributed by atoms with Crippen molar-refractivity contribution in [1.29, 1.82) is 0 Å². The molecule has 148 valence electrons. The van der Waals surface area contributed by atoms with Crippen LogP contribution in [0.5, 0.6) is 11.5 Å². The molecule has 28 heavy (non-hydrogen) atoms. The van der Waals surface area contributed by atoms with Crippen LogP contribution < -0.4 is 14.8 Å². The molecule has 1 aromatic carbocycles. The van der Waals surface area contributed by atoms with Crippen molar-refractivity contribution in [2.75, 3.05) is 45.4 Å². The topological polar surface area (TPSA) is 72.9 Å². The summed E-state index contributed by atoms with van der Waals surface area (Å²) in [6, 6.07) is 9.38. The Balaban J connectivity index is 1.23. The second-order valence-corrected chi connectivity index (χ2v) is 7.67. The van der Waals surface area contributed by atoms with Gasteiger partial charge in [0.25, 0.3) is 5.91 Å². The minimum absolute atomic E-state index is 0.143. The highest BCUT2D eigenvalue weighted by atomic mass is 32.2.